The normalized spacial score (nSPS) is 17.8. The lowest BCUT2D eigenvalue weighted by Crippen LogP contribution is -2.41. The minimum atomic E-state index is -3.30. The van der Waals surface area contributed by atoms with Gasteiger partial charge in [-0.15, -0.1) is 0 Å². The van der Waals surface area contributed by atoms with Crippen molar-refractivity contribution in [3.8, 4) is 5.75 Å². The van der Waals surface area contributed by atoms with Crippen molar-refractivity contribution in [3.05, 3.63) is 24.3 Å². The Hall–Kier alpha value is -1.31. The van der Waals surface area contributed by atoms with E-state index in [9.17, 15) is 8.42 Å². The van der Waals surface area contributed by atoms with Gasteiger partial charge < -0.3 is 15.6 Å². The Morgan fingerprint density at radius 2 is 2.05 bits per heavy atom. The molecule has 21 heavy (non-hydrogen) atoms. The average Bonchev–Trinajstić information content (AvgIpc) is 2.47. The van der Waals surface area contributed by atoms with Gasteiger partial charge in [0.05, 0.1) is 5.75 Å². The molecule has 0 bridgehead atoms. The predicted octanol–water partition coefficient (Wildman–Crippen LogP) is 0.682. The van der Waals surface area contributed by atoms with E-state index in [2.05, 4.69) is 0 Å². The monoisotopic (exact) mass is 314 g/mol. The molecule has 1 aromatic carbocycles. The maximum absolute atomic E-state index is 12.2. The zero-order valence-electron chi connectivity index (χ0n) is 11.9. The fourth-order valence-electron chi connectivity index (χ4n) is 2.37. The van der Waals surface area contributed by atoms with Gasteiger partial charge in [0.15, 0.2) is 0 Å². The molecule has 1 aromatic rings. The fraction of sp³-hybridized carbons (Fsp3) is 0.571. The first-order valence-corrected chi connectivity index (χ1v) is 8.69. The summed E-state index contributed by atoms with van der Waals surface area (Å²) in [7, 11) is -3.30. The van der Waals surface area contributed by atoms with Crippen LogP contribution in [0.1, 0.15) is 12.8 Å². The van der Waals surface area contributed by atoms with Crippen molar-refractivity contribution < 1.29 is 18.3 Å². The van der Waals surface area contributed by atoms with Crippen LogP contribution in [0.4, 0.5) is 5.69 Å². The van der Waals surface area contributed by atoms with Crippen LogP contribution in [0.5, 0.6) is 5.75 Å². The summed E-state index contributed by atoms with van der Waals surface area (Å²) in [5.41, 5.74) is 6.22. The molecule has 1 aliphatic heterocycles. The third-order valence-electron chi connectivity index (χ3n) is 3.69. The Morgan fingerprint density at radius 1 is 1.33 bits per heavy atom. The molecule has 0 unspecified atom stereocenters. The minimum absolute atomic E-state index is 0.0500. The van der Waals surface area contributed by atoms with Crippen molar-refractivity contribution in [1.82, 2.24) is 4.31 Å². The number of ether oxygens (including phenoxy) is 1. The van der Waals surface area contributed by atoms with Crippen molar-refractivity contribution in [3.63, 3.8) is 0 Å². The number of benzene rings is 1. The first-order chi connectivity index (χ1) is 10.0. The first-order valence-electron chi connectivity index (χ1n) is 7.08. The summed E-state index contributed by atoms with van der Waals surface area (Å²) in [5.74, 6) is 0.746. The van der Waals surface area contributed by atoms with Crippen LogP contribution in [0.15, 0.2) is 24.3 Å². The van der Waals surface area contributed by atoms with Gasteiger partial charge in [0.25, 0.3) is 0 Å². The Bertz CT molecular complexity index is 554. The predicted molar refractivity (Wildman–Crippen MR) is 81.5 cm³/mol. The third-order valence-corrected chi connectivity index (χ3v) is 5.53. The maximum atomic E-state index is 12.2. The minimum Gasteiger partial charge on any atom is -0.492 e. The van der Waals surface area contributed by atoms with E-state index in [0.29, 0.717) is 37.4 Å². The smallest absolute Gasteiger partial charge is 0.217 e. The van der Waals surface area contributed by atoms with Crippen molar-refractivity contribution in [2.75, 3.05) is 37.8 Å². The third kappa shape index (κ3) is 4.59. The quantitative estimate of drug-likeness (QED) is 0.753. The molecule has 0 spiro atoms. The van der Waals surface area contributed by atoms with E-state index in [0.717, 1.165) is 0 Å². The van der Waals surface area contributed by atoms with Gasteiger partial charge in [-0.3, -0.25) is 0 Å². The zero-order chi connectivity index (χ0) is 15.3. The number of nitrogen functional groups attached to an aromatic ring is 1. The molecule has 7 heteroatoms. The number of anilines is 1. The van der Waals surface area contributed by atoms with E-state index in [1.165, 1.54) is 4.31 Å². The second-order valence-corrected chi connectivity index (χ2v) is 7.35. The zero-order valence-corrected chi connectivity index (χ0v) is 12.8. The highest BCUT2D eigenvalue weighted by molar-refractivity contribution is 7.89. The number of nitrogens with zero attached hydrogens (tertiary/aromatic N) is 1. The topological polar surface area (TPSA) is 92.9 Å². The summed E-state index contributed by atoms with van der Waals surface area (Å²) >= 11 is 0. The summed E-state index contributed by atoms with van der Waals surface area (Å²) in [6.07, 6.45) is 1.43. The molecular formula is C14H22N2O4S. The molecule has 1 fully saturated rings. The Balaban J connectivity index is 1.82. The molecule has 1 heterocycles. The van der Waals surface area contributed by atoms with Crippen LogP contribution in [0.2, 0.25) is 0 Å². The van der Waals surface area contributed by atoms with Gasteiger partial charge in [-0.2, -0.15) is 0 Å². The number of hydrogen-bond donors (Lipinski definition) is 2. The SMILES string of the molecule is Nc1cccc(OCCS(=O)(=O)N2CCC(CO)CC2)c1. The second kappa shape index (κ2) is 7.11. The van der Waals surface area contributed by atoms with E-state index in [-0.39, 0.29) is 24.9 Å². The Kier molecular flexibility index (Phi) is 5.44. The molecule has 1 saturated heterocycles. The lowest BCUT2D eigenvalue weighted by molar-refractivity contribution is 0.170. The Morgan fingerprint density at radius 3 is 2.67 bits per heavy atom. The van der Waals surface area contributed by atoms with E-state index in [1.54, 1.807) is 24.3 Å². The molecule has 0 aliphatic carbocycles. The standard InChI is InChI=1S/C14H22N2O4S/c15-13-2-1-3-14(10-13)20-8-9-21(18,19)16-6-4-12(11-17)5-7-16/h1-3,10,12,17H,4-9,11,15H2. The van der Waals surface area contributed by atoms with Gasteiger partial charge in [0.2, 0.25) is 10.0 Å². The molecule has 0 saturated carbocycles. The van der Waals surface area contributed by atoms with Gasteiger partial charge >= 0.3 is 0 Å². The summed E-state index contributed by atoms with van der Waals surface area (Å²) in [5, 5.41) is 9.07. The van der Waals surface area contributed by atoms with Crippen molar-refractivity contribution in [2.24, 2.45) is 5.92 Å². The average molecular weight is 314 g/mol. The number of sulfonamides is 1. The summed E-state index contributed by atoms with van der Waals surface area (Å²) in [6, 6.07) is 6.92. The van der Waals surface area contributed by atoms with Crippen LogP contribution in [0, 0.1) is 5.92 Å². The van der Waals surface area contributed by atoms with Crippen LogP contribution >= 0.6 is 0 Å². The maximum Gasteiger partial charge on any atom is 0.217 e. The molecular weight excluding hydrogens is 292 g/mol. The van der Waals surface area contributed by atoms with Gasteiger partial charge in [-0.25, -0.2) is 12.7 Å². The summed E-state index contributed by atoms with van der Waals surface area (Å²) in [4.78, 5) is 0. The first kappa shape index (κ1) is 16.1. The van der Waals surface area contributed by atoms with Crippen molar-refractivity contribution in [1.29, 1.82) is 0 Å². The van der Waals surface area contributed by atoms with Gasteiger partial charge in [0, 0.05) is 31.5 Å². The van der Waals surface area contributed by atoms with Crippen LogP contribution in [0.3, 0.4) is 0 Å². The van der Waals surface area contributed by atoms with Crippen LogP contribution < -0.4 is 10.5 Å². The van der Waals surface area contributed by atoms with Gasteiger partial charge in [-0.05, 0) is 30.9 Å². The molecule has 0 atom stereocenters. The fourth-order valence-corrected chi connectivity index (χ4v) is 3.69. The highest BCUT2D eigenvalue weighted by Gasteiger charge is 2.27. The van der Waals surface area contributed by atoms with Crippen molar-refractivity contribution >= 4 is 15.7 Å². The number of rotatable bonds is 6. The molecule has 0 radical (unpaired) electrons. The van der Waals surface area contributed by atoms with Gasteiger partial charge in [-0.1, -0.05) is 6.07 Å². The lowest BCUT2D eigenvalue weighted by atomic mass is 10.00. The summed E-state index contributed by atoms with van der Waals surface area (Å²) in [6.45, 7) is 1.19. The van der Waals surface area contributed by atoms with E-state index in [4.69, 9.17) is 15.6 Å². The highest BCUT2D eigenvalue weighted by Crippen LogP contribution is 2.19. The molecule has 118 valence electrons. The second-order valence-electron chi connectivity index (χ2n) is 5.26. The van der Waals surface area contributed by atoms with Crippen LogP contribution in [-0.2, 0) is 10.0 Å². The molecule has 2 rings (SSSR count). The number of hydrogen-bond acceptors (Lipinski definition) is 5. The van der Waals surface area contributed by atoms with E-state index >= 15 is 0 Å². The van der Waals surface area contributed by atoms with E-state index < -0.39 is 10.0 Å². The number of aliphatic hydroxyl groups excluding tert-OH is 1. The molecule has 3 N–H and O–H groups in total. The molecule has 1 aliphatic rings. The highest BCUT2D eigenvalue weighted by atomic mass is 32.2. The van der Waals surface area contributed by atoms with E-state index in [1.807, 2.05) is 0 Å². The number of piperidine rings is 1. The molecule has 0 amide bonds. The number of aliphatic hydroxyl groups is 1. The Labute approximate surface area is 125 Å². The molecule has 0 aromatic heterocycles. The molecule has 6 nitrogen and oxygen atoms in total. The van der Waals surface area contributed by atoms with Crippen LogP contribution in [0.25, 0.3) is 0 Å². The lowest BCUT2D eigenvalue weighted by Gasteiger charge is -2.30. The van der Waals surface area contributed by atoms with Crippen LogP contribution in [-0.4, -0.2) is 49.9 Å². The van der Waals surface area contributed by atoms with Gasteiger partial charge in [0.1, 0.15) is 12.4 Å². The van der Waals surface area contributed by atoms with Crippen molar-refractivity contribution in [2.45, 2.75) is 12.8 Å². The summed E-state index contributed by atoms with van der Waals surface area (Å²) < 4.78 is 31.3. The number of nitrogens with two attached hydrogens (primary N) is 1. The largest absolute Gasteiger partial charge is 0.492 e.